The van der Waals surface area contributed by atoms with Crippen molar-refractivity contribution in [3.63, 3.8) is 0 Å². The average molecular weight is 294 g/mol. The molecule has 0 aliphatic heterocycles. The first-order chi connectivity index (χ1) is 9.93. The van der Waals surface area contributed by atoms with Crippen molar-refractivity contribution in [2.45, 2.75) is 25.3 Å². The van der Waals surface area contributed by atoms with Crippen molar-refractivity contribution >= 4 is 17.4 Å². The number of hydrogen-bond donors (Lipinski definition) is 4. The van der Waals surface area contributed by atoms with E-state index in [0.717, 1.165) is 12.8 Å². The number of benzene rings is 1. The molecule has 0 aliphatic carbocycles. The Balaban J connectivity index is 3.03. The molecule has 0 saturated carbocycles. The molecule has 8 N–H and O–H groups in total. The van der Waals surface area contributed by atoms with Crippen LogP contribution >= 0.6 is 0 Å². The van der Waals surface area contributed by atoms with Gasteiger partial charge in [-0.1, -0.05) is 6.42 Å². The molecule has 1 unspecified atom stereocenters. The molecule has 7 heteroatoms. The minimum atomic E-state index is -0.676. The lowest BCUT2D eigenvalue weighted by Gasteiger charge is -2.15. The number of ether oxygens (including phenoxy) is 1. The second-order valence-electron chi connectivity index (χ2n) is 4.73. The molecule has 1 rings (SSSR count). The topological polar surface area (TPSA) is 147 Å². The Hall–Kier alpha value is -2.12. The molecule has 7 nitrogen and oxygen atoms in total. The van der Waals surface area contributed by atoms with Crippen LogP contribution in [0.5, 0.6) is 5.75 Å². The number of anilines is 1. The van der Waals surface area contributed by atoms with Crippen LogP contribution in [0.3, 0.4) is 0 Å². The van der Waals surface area contributed by atoms with E-state index < -0.39 is 11.9 Å². The highest BCUT2D eigenvalue weighted by molar-refractivity contribution is 6.07. The van der Waals surface area contributed by atoms with Crippen LogP contribution in [-0.2, 0) is 0 Å². The molecule has 1 aromatic rings. The van der Waals surface area contributed by atoms with Gasteiger partial charge in [0.1, 0.15) is 0 Å². The van der Waals surface area contributed by atoms with Crippen molar-refractivity contribution < 1.29 is 14.3 Å². The Kier molecular flexibility index (Phi) is 6.13. The third-order valence-corrected chi connectivity index (χ3v) is 3.24. The van der Waals surface area contributed by atoms with E-state index in [1.54, 1.807) is 0 Å². The molecular weight excluding hydrogens is 272 g/mol. The quantitative estimate of drug-likeness (QED) is 0.302. The van der Waals surface area contributed by atoms with Gasteiger partial charge in [-0.05, 0) is 31.5 Å². The molecule has 0 bridgehead atoms. The van der Waals surface area contributed by atoms with Crippen LogP contribution in [0.4, 0.5) is 5.69 Å². The van der Waals surface area contributed by atoms with E-state index in [9.17, 15) is 9.59 Å². The van der Waals surface area contributed by atoms with Crippen molar-refractivity contribution in [1.29, 1.82) is 0 Å². The van der Waals surface area contributed by atoms with Crippen LogP contribution < -0.4 is 27.7 Å². The van der Waals surface area contributed by atoms with E-state index in [2.05, 4.69) is 0 Å². The van der Waals surface area contributed by atoms with Crippen molar-refractivity contribution in [3.05, 3.63) is 23.3 Å². The summed E-state index contributed by atoms with van der Waals surface area (Å²) in [6.45, 7) is 0.560. The number of primary amides is 1. The summed E-state index contributed by atoms with van der Waals surface area (Å²) < 4.78 is 5.07. The highest BCUT2D eigenvalue weighted by Crippen LogP contribution is 2.30. The summed E-state index contributed by atoms with van der Waals surface area (Å²) in [6.07, 6.45) is 2.09. The molecule has 21 heavy (non-hydrogen) atoms. The third kappa shape index (κ3) is 3.93. The third-order valence-electron chi connectivity index (χ3n) is 3.24. The van der Waals surface area contributed by atoms with Crippen molar-refractivity contribution in [2.24, 2.45) is 17.2 Å². The largest absolute Gasteiger partial charge is 0.494 e. The van der Waals surface area contributed by atoms with Crippen molar-refractivity contribution in [2.75, 3.05) is 19.4 Å². The molecule has 1 aromatic carbocycles. The Morgan fingerprint density at radius 1 is 1.24 bits per heavy atom. The minimum absolute atomic E-state index is 0.0769. The van der Waals surface area contributed by atoms with E-state index in [1.165, 1.54) is 19.2 Å². The Bertz CT molecular complexity index is 531. The molecule has 0 spiro atoms. The number of nitrogen functional groups attached to an aromatic ring is 1. The Labute approximate surface area is 123 Å². The van der Waals surface area contributed by atoms with Gasteiger partial charge < -0.3 is 27.7 Å². The zero-order valence-corrected chi connectivity index (χ0v) is 12.1. The van der Waals surface area contributed by atoms with E-state index in [-0.39, 0.29) is 28.3 Å². The highest BCUT2D eigenvalue weighted by Gasteiger charge is 2.22. The first kappa shape index (κ1) is 16.9. The second kappa shape index (κ2) is 7.61. The van der Waals surface area contributed by atoms with Crippen LogP contribution in [0.1, 0.15) is 40.0 Å². The summed E-state index contributed by atoms with van der Waals surface area (Å²) in [5.41, 5.74) is 22.8. The normalized spacial score (nSPS) is 12.0. The fraction of sp³-hybridized carbons (Fsp3) is 0.429. The summed E-state index contributed by atoms with van der Waals surface area (Å²) in [6, 6.07) is 2.20. The summed E-state index contributed by atoms with van der Waals surface area (Å²) in [5, 5.41) is 0. The molecule has 1 amide bonds. The number of methoxy groups -OCH3 is 1. The summed E-state index contributed by atoms with van der Waals surface area (Å²) in [5.74, 6) is -0.869. The molecule has 0 heterocycles. The Morgan fingerprint density at radius 3 is 2.38 bits per heavy atom. The lowest BCUT2D eigenvalue weighted by molar-refractivity contribution is 0.0953. The van der Waals surface area contributed by atoms with Gasteiger partial charge >= 0.3 is 0 Å². The minimum Gasteiger partial charge on any atom is -0.494 e. The maximum absolute atomic E-state index is 12.3. The number of unbranched alkanes of at least 4 members (excludes halogenated alkanes) is 1. The molecule has 0 aliphatic rings. The van der Waals surface area contributed by atoms with Gasteiger partial charge in [0.25, 0.3) is 5.91 Å². The number of amides is 1. The molecule has 116 valence electrons. The highest BCUT2D eigenvalue weighted by atomic mass is 16.5. The second-order valence-corrected chi connectivity index (χ2v) is 4.73. The maximum Gasteiger partial charge on any atom is 0.252 e. The molecule has 1 atom stereocenters. The summed E-state index contributed by atoms with van der Waals surface area (Å²) >= 11 is 0. The summed E-state index contributed by atoms with van der Waals surface area (Å²) in [4.78, 5) is 23.6. The smallest absolute Gasteiger partial charge is 0.252 e. The SMILES string of the molecule is COc1c(C(N)=O)ccc(C(=O)C(N)CCCCN)c1N. The van der Waals surface area contributed by atoms with E-state index in [1.807, 2.05) is 0 Å². The van der Waals surface area contributed by atoms with E-state index >= 15 is 0 Å². The fourth-order valence-corrected chi connectivity index (χ4v) is 2.07. The van der Waals surface area contributed by atoms with Gasteiger partial charge in [0, 0.05) is 5.56 Å². The fourth-order valence-electron chi connectivity index (χ4n) is 2.07. The molecular formula is C14H22N4O3. The van der Waals surface area contributed by atoms with Gasteiger partial charge in [0.2, 0.25) is 0 Å². The Morgan fingerprint density at radius 2 is 1.86 bits per heavy atom. The number of Topliss-reactive ketones (excluding diaryl/α,β-unsaturated/α-hetero) is 1. The molecule has 0 radical (unpaired) electrons. The van der Waals surface area contributed by atoms with E-state index in [4.69, 9.17) is 27.7 Å². The lowest BCUT2D eigenvalue weighted by atomic mass is 9.97. The lowest BCUT2D eigenvalue weighted by Crippen LogP contribution is -2.31. The standard InChI is InChI=1S/C14H22N4O3/c1-21-13-9(14(18)20)6-5-8(11(13)17)12(19)10(16)4-2-3-7-15/h5-6,10H,2-4,7,15-17H2,1H3,(H2,18,20). The van der Waals surface area contributed by atoms with Crippen molar-refractivity contribution in [3.8, 4) is 5.75 Å². The predicted molar refractivity (Wildman–Crippen MR) is 81.1 cm³/mol. The molecule has 0 fully saturated rings. The van der Waals surface area contributed by atoms with Gasteiger partial charge in [-0.15, -0.1) is 0 Å². The van der Waals surface area contributed by atoms with Gasteiger partial charge in [-0.25, -0.2) is 0 Å². The molecule has 0 aromatic heterocycles. The van der Waals surface area contributed by atoms with Crippen LogP contribution in [0.25, 0.3) is 0 Å². The zero-order valence-electron chi connectivity index (χ0n) is 12.1. The van der Waals surface area contributed by atoms with Crippen LogP contribution in [0.15, 0.2) is 12.1 Å². The number of ketones is 1. The molecule has 0 saturated heterocycles. The summed E-state index contributed by atoms with van der Waals surface area (Å²) in [7, 11) is 1.35. The van der Waals surface area contributed by atoms with Gasteiger partial charge in [0.15, 0.2) is 11.5 Å². The number of carbonyl (C=O) groups excluding carboxylic acids is 2. The van der Waals surface area contributed by atoms with Crippen molar-refractivity contribution in [1.82, 2.24) is 0 Å². The van der Waals surface area contributed by atoms with Gasteiger partial charge in [-0.3, -0.25) is 9.59 Å². The number of rotatable bonds is 8. The first-order valence-corrected chi connectivity index (χ1v) is 6.70. The van der Waals surface area contributed by atoms with E-state index in [0.29, 0.717) is 13.0 Å². The first-order valence-electron chi connectivity index (χ1n) is 6.70. The predicted octanol–water partition coefficient (Wildman–Crippen LogP) is 0.0153. The number of hydrogen-bond acceptors (Lipinski definition) is 6. The monoisotopic (exact) mass is 294 g/mol. The zero-order chi connectivity index (χ0) is 16.0. The number of nitrogens with two attached hydrogens (primary N) is 4. The van der Waals surface area contributed by atoms with Gasteiger partial charge in [-0.2, -0.15) is 0 Å². The van der Waals surface area contributed by atoms with Gasteiger partial charge in [0.05, 0.1) is 24.4 Å². The number of carbonyl (C=O) groups is 2. The van der Waals surface area contributed by atoms with Crippen LogP contribution in [-0.4, -0.2) is 31.4 Å². The van der Waals surface area contributed by atoms with Crippen LogP contribution in [0, 0.1) is 0 Å². The average Bonchev–Trinajstić information content (AvgIpc) is 2.46. The van der Waals surface area contributed by atoms with Crippen LogP contribution in [0.2, 0.25) is 0 Å². The maximum atomic E-state index is 12.3.